The molecular weight excluding hydrogens is 314 g/mol. The van der Waals surface area contributed by atoms with Crippen LogP contribution in [-0.4, -0.2) is 18.1 Å². The van der Waals surface area contributed by atoms with Gasteiger partial charge in [0.1, 0.15) is 11.6 Å². The number of methoxy groups -OCH3 is 1. The van der Waals surface area contributed by atoms with Crippen LogP contribution < -0.4 is 5.32 Å². The summed E-state index contributed by atoms with van der Waals surface area (Å²) in [6.45, 7) is 1.91. The molecule has 0 unspecified atom stereocenters. The highest BCUT2D eigenvalue weighted by atomic mass is 19.1. The second kappa shape index (κ2) is 6.23. The fourth-order valence-electron chi connectivity index (χ4n) is 2.39. The summed E-state index contributed by atoms with van der Waals surface area (Å²) < 4.78 is 31.7. The Labute approximate surface area is 137 Å². The number of esters is 1. The standard InChI is InChI=1S/C18H14F2N2O2/c1-10-3-5-14-12(7-10)16(9-17(21-14)18(23)24-2)22-15-6-4-11(19)8-13(15)20/h3-9H,1-2H3,(H,21,22). The molecule has 0 aliphatic heterocycles. The van der Waals surface area contributed by atoms with Crippen molar-refractivity contribution in [3.05, 3.63) is 65.4 Å². The maximum Gasteiger partial charge on any atom is 0.356 e. The molecule has 0 aliphatic rings. The van der Waals surface area contributed by atoms with Crippen molar-refractivity contribution in [2.45, 2.75) is 6.92 Å². The van der Waals surface area contributed by atoms with Crippen molar-refractivity contribution in [1.82, 2.24) is 4.98 Å². The van der Waals surface area contributed by atoms with Crippen LogP contribution in [-0.2, 0) is 4.74 Å². The van der Waals surface area contributed by atoms with E-state index < -0.39 is 17.6 Å². The van der Waals surface area contributed by atoms with Crippen molar-refractivity contribution in [2.24, 2.45) is 0 Å². The first kappa shape index (κ1) is 15.9. The van der Waals surface area contributed by atoms with E-state index in [0.717, 1.165) is 17.7 Å². The van der Waals surface area contributed by atoms with E-state index in [1.165, 1.54) is 19.2 Å². The van der Waals surface area contributed by atoms with Crippen molar-refractivity contribution < 1.29 is 18.3 Å². The van der Waals surface area contributed by atoms with Crippen LogP contribution in [0.25, 0.3) is 10.9 Å². The third-order valence-corrected chi connectivity index (χ3v) is 3.56. The van der Waals surface area contributed by atoms with Crippen LogP contribution in [0.3, 0.4) is 0 Å². The molecule has 6 heteroatoms. The Balaban J connectivity index is 2.16. The van der Waals surface area contributed by atoms with Gasteiger partial charge in [0, 0.05) is 11.5 Å². The number of hydrogen-bond acceptors (Lipinski definition) is 4. The monoisotopic (exact) mass is 328 g/mol. The highest BCUT2D eigenvalue weighted by Gasteiger charge is 2.14. The number of aryl methyl sites for hydroxylation is 1. The van der Waals surface area contributed by atoms with Crippen molar-refractivity contribution in [1.29, 1.82) is 0 Å². The van der Waals surface area contributed by atoms with Crippen LogP contribution in [0.1, 0.15) is 16.1 Å². The van der Waals surface area contributed by atoms with Crippen LogP contribution in [0, 0.1) is 18.6 Å². The molecule has 3 rings (SSSR count). The minimum atomic E-state index is -0.729. The summed E-state index contributed by atoms with van der Waals surface area (Å²) >= 11 is 0. The summed E-state index contributed by atoms with van der Waals surface area (Å²) in [5.41, 5.74) is 2.22. The largest absolute Gasteiger partial charge is 0.464 e. The molecule has 0 aliphatic carbocycles. The minimum Gasteiger partial charge on any atom is -0.464 e. The van der Waals surface area contributed by atoms with E-state index in [-0.39, 0.29) is 11.4 Å². The molecule has 0 saturated heterocycles. The smallest absolute Gasteiger partial charge is 0.356 e. The summed E-state index contributed by atoms with van der Waals surface area (Å²) in [7, 11) is 1.26. The number of halogens is 2. The highest BCUT2D eigenvalue weighted by molar-refractivity contribution is 5.99. The Kier molecular flexibility index (Phi) is 4.12. The number of hydrogen-bond donors (Lipinski definition) is 1. The number of carbonyl (C=O) groups is 1. The van der Waals surface area contributed by atoms with Crippen LogP contribution in [0.2, 0.25) is 0 Å². The number of rotatable bonds is 3. The van der Waals surface area contributed by atoms with Crippen molar-refractivity contribution in [3.63, 3.8) is 0 Å². The van der Waals surface area contributed by atoms with E-state index in [9.17, 15) is 13.6 Å². The fraction of sp³-hybridized carbons (Fsp3) is 0.111. The van der Waals surface area contributed by atoms with Crippen LogP contribution >= 0.6 is 0 Å². The molecule has 0 atom stereocenters. The molecule has 0 bridgehead atoms. The number of fused-ring (bicyclic) bond motifs is 1. The molecule has 1 N–H and O–H groups in total. The topological polar surface area (TPSA) is 51.2 Å². The van der Waals surface area contributed by atoms with Crippen molar-refractivity contribution in [3.8, 4) is 0 Å². The summed E-state index contributed by atoms with van der Waals surface area (Å²) in [5.74, 6) is -1.99. The first-order chi connectivity index (χ1) is 11.5. The molecule has 2 aromatic carbocycles. The average molecular weight is 328 g/mol. The van der Waals surface area contributed by atoms with Gasteiger partial charge in [-0.25, -0.2) is 18.6 Å². The number of aromatic nitrogens is 1. The number of ether oxygens (including phenoxy) is 1. The zero-order valence-electron chi connectivity index (χ0n) is 13.1. The van der Waals surface area contributed by atoms with E-state index in [1.807, 2.05) is 19.1 Å². The molecule has 0 saturated carbocycles. The van der Waals surface area contributed by atoms with Crippen LogP contribution in [0.4, 0.5) is 20.2 Å². The third-order valence-electron chi connectivity index (χ3n) is 3.56. The number of nitrogens with zero attached hydrogens (tertiary/aromatic N) is 1. The molecular formula is C18H14F2N2O2. The van der Waals surface area contributed by atoms with Gasteiger partial charge in [-0.05, 0) is 37.3 Å². The predicted octanol–water partition coefficient (Wildman–Crippen LogP) is 4.35. The molecule has 4 nitrogen and oxygen atoms in total. The van der Waals surface area contributed by atoms with E-state index in [4.69, 9.17) is 4.74 Å². The lowest BCUT2D eigenvalue weighted by molar-refractivity contribution is 0.0594. The first-order valence-electron chi connectivity index (χ1n) is 7.20. The van der Waals surface area contributed by atoms with Gasteiger partial charge in [-0.15, -0.1) is 0 Å². The van der Waals surface area contributed by atoms with Gasteiger partial charge in [0.05, 0.1) is 24.0 Å². The van der Waals surface area contributed by atoms with Crippen LogP contribution in [0.15, 0.2) is 42.5 Å². The molecule has 24 heavy (non-hydrogen) atoms. The zero-order valence-corrected chi connectivity index (χ0v) is 13.1. The third kappa shape index (κ3) is 3.03. The number of benzene rings is 2. The number of pyridine rings is 1. The summed E-state index contributed by atoms with van der Waals surface area (Å²) in [6, 6.07) is 10.2. The first-order valence-corrected chi connectivity index (χ1v) is 7.20. The van der Waals surface area contributed by atoms with Crippen molar-refractivity contribution in [2.75, 3.05) is 12.4 Å². The molecule has 1 heterocycles. The number of anilines is 2. The number of nitrogens with one attached hydrogen (secondary N) is 1. The Morgan fingerprint density at radius 3 is 2.58 bits per heavy atom. The van der Waals surface area contributed by atoms with Gasteiger partial charge in [0.15, 0.2) is 5.69 Å². The second-order valence-corrected chi connectivity index (χ2v) is 5.32. The highest BCUT2D eigenvalue weighted by Crippen LogP contribution is 2.29. The molecule has 0 radical (unpaired) electrons. The molecule has 1 aromatic heterocycles. The van der Waals surface area contributed by atoms with E-state index in [2.05, 4.69) is 10.3 Å². The maximum atomic E-state index is 13.9. The molecule has 0 spiro atoms. The van der Waals surface area contributed by atoms with Gasteiger partial charge in [-0.2, -0.15) is 0 Å². The lowest BCUT2D eigenvalue weighted by Gasteiger charge is -2.12. The van der Waals surface area contributed by atoms with E-state index >= 15 is 0 Å². The quantitative estimate of drug-likeness (QED) is 0.726. The average Bonchev–Trinajstić information content (AvgIpc) is 2.56. The van der Waals surface area contributed by atoms with Gasteiger partial charge >= 0.3 is 5.97 Å². The summed E-state index contributed by atoms with van der Waals surface area (Å²) in [4.78, 5) is 16.1. The Morgan fingerprint density at radius 1 is 1.08 bits per heavy atom. The fourth-order valence-corrected chi connectivity index (χ4v) is 2.39. The molecule has 122 valence electrons. The number of carbonyl (C=O) groups excluding carboxylic acids is 1. The Hall–Kier alpha value is -3.02. The Morgan fingerprint density at radius 2 is 1.88 bits per heavy atom. The SMILES string of the molecule is COC(=O)c1cc(Nc2ccc(F)cc2F)c2cc(C)ccc2n1. The summed E-state index contributed by atoms with van der Waals surface area (Å²) in [5, 5.41) is 3.61. The second-order valence-electron chi connectivity index (χ2n) is 5.32. The minimum absolute atomic E-state index is 0.0962. The zero-order chi connectivity index (χ0) is 17.3. The van der Waals surface area contributed by atoms with Gasteiger partial charge in [0.2, 0.25) is 0 Å². The molecule has 0 fully saturated rings. The predicted molar refractivity (Wildman–Crippen MR) is 87.5 cm³/mol. The van der Waals surface area contributed by atoms with Crippen LogP contribution in [0.5, 0.6) is 0 Å². The van der Waals surface area contributed by atoms with Gasteiger partial charge in [0.25, 0.3) is 0 Å². The lowest BCUT2D eigenvalue weighted by Crippen LogP contribution is -2.06. The maximum absolute atomic E-state index is 13.9. The summed E-state index contributed by atoms with van der Waals surface area (Å²) in [6.07, 6.45) is 0. The van der Waals surface area contributed by atoms with Gasteiger partial charge in [-0.3, -0.25) is 0 Å². The van der Waals surface area contributed by atoms with E-state index in [0.29, 0.717) is 16.6 Å². The van der Waals surface area contributed by atoms with Gasteiger partial charge < -0.3 is 10.1 Å². The van der Waals surface area contributed by atoms with E-state index in [1.54, 1.807) is 6.07 Å². The lowest BCUT2D eigenvalue weighted by atomic mass is 10.1. The Bertz CT molecular complexity index is 942. The van der Waals surface area contributed by atoms with Crippen molar-refractivity contribution >= 4 is 28.2 Å². The molecule has 3 aromatic rings. The van der Waals surface area contributed by atoms with Gasteiger partial charge in [-0.1, -0.05) is 11.6 Å². The molecule has 0 amide bonds. The normalized spacial score (nSPS) is 10.7.